The molecule has 3 nitrogen and oxygen atoms in total. The Labute approximate surface area is 116 Å². The summed E-state index contributed by atoms with van der Waals surface area (Å²) in [6.07, 6.45) is 0.159. The Kier molecular flexibility index (Phi) is 9.30. The number of ether oxygens (including phenoxy) is 1. The van der Waals surface area contributed by atoms with Crippen LogP contribution in [0.1, 0.15) is 19.4 Å². The lowest BCUT2D eigenvalue weighted by atomic mass is 10.2. The molecule has 1 rings (SSSR count). The van der Waals surface area contributed by atoms with Crippen molar-refractivity contribution in [2.75, 3.05) is 19.8 Å². The number of nitrogens with zero attached hydrogens (tertiary/aromatic N) is 1. The molecule has 0 aliphatic carbocycles. The second kappa shape index (κ2) is 8.45. The molecule has 2 N–H and O–H groups in total. The van der Waals surface area contributed by atoms with Crippen LogP contribution >= 0.6 is 24.8 Å². The average molecular weight is 281 g/mol. The molecule has 0 bridgehead atoms. The molecular weight excluding hydrogens is 259 g/mol. The molecule has 0 spiro atoms. The lowest BCUT2D eigenvalue weighted by Crippen LogP contribution is -2.11. The van der Waals surface area contributed by atoms with E-state index in [1.807, 2.05) is 46.1 Å². The number of halogens is 2. The number of rotatable bonds is 4. The van der Waals surface area contributed by atoms with Crippen LogP contribution < -0.4 is 10.5 Å². The standard InChI is InChI=1S/C12H20N2O.2ClH/c1-9(2)15-12-6-5-10(7-11(12)13)8-14(3)4;;/h5-7,9H,8,13H2,1-4H3;2*1H. The normalized spacial score (nSPS) is 9.76. The Hall–Kier alpha value is -0.640. The Morgan fingerprint density at radius 2 is 1.82 bits per heavy atom. The van der Waals surface area contributed by atoms with Crippen LogP contribution in [-0.4, -0.2) is 25.1 Å². The van der Waals surface area contributed by atoms with Crippen LogP contribution in [0.3, 0.4) is 0 Å². The van der Waals surface area contributed by atoms with E-state index in [-0.39, 0.29) is 30.9 Å². The second-order valence-corrected chi connectivity index (χ2v) is 4.28. The number of anilines is 1. The molecule has 1 aromatic rings. The van der Waals surface area contributed by atoms with Crippen molar-refractivity contribution in [1.29, 1.82) is 0 Å². The molecule has 0 atom stereocenters. The highest BCUT2D eigenvalue weighted by molar-refractivity contribution is 5.85. The first-order chi connectivity index (χ1) is 6.99. The van der Waals surface area contributed by atoms with Gasteiger partial charge >= 0.3 is 0 Å². The molecule has 5 heteroatoms. The quantitative estimate of drug-likeness (QED) is 0.862. The van der Waals surface area contributed by atoms with Gasteiger partial charge in [0.1, 0.15) is 5.75 Å². The van der Waals surface area contributed by atoms with Gasteiger partial charge in [-0.2, -0.15) is 0 Å². The van der Waals surface area contributed by atoms with Gasteiger partial charge in [0.25, 0.3) is 0 Å². The fourth-order valence-corrected chi connectivity index (χ4v) is 1.42. The molecule has 0 aromatic heterocycles. The minimum Gasteiger partial charge on any atom is -0.489 e. The summed E-state index contributed by atoms with van der Waals surface area (Å²) in [5, 5.41) is 0. The van der Waals surface area contributed by atoms with Crippen LogP contribution in [0.25, 0.3) is 0 Å². The minimum absolute atomic E-state index is 0. The molecule has 0 amide bonds. The molecule has 0 saturated heterocycles. The highest BCUT2D eigenvalue weighted by atomic mass is 35.5. The third kappa shape index (κ3) is 6.61. The lowest BCUT2D eigenvalue weighted by molar-refractivity contribution is 0.243. The Bertz CT molecular complexity index is 330. The molecule has 17 heavy (non-hydrogen) atoms. The summed E-state index contributed by atoms with van der Waals surface area (Å²) in [5.41, 5.74) is 7.82. The van der Waals surface area contributed by atoms with Gasteiger partial charge in [-0.25, -0.2) is 0 Å². The van der Waals surface area contributed by atoms with E-state index in [0.717, 1.165) is 12.3 Å². The van der Waals surface area contributed by atoms with Gasteiger partial charge in [0.2, 0.25) is 0 Å². The third-order valence-electron chi connectivity index (χ3n) is 1.94. The zero-order chi connectivity index (χ0) is 11.4. The van der Waals surface area contributed by atoms with Gasteiger partial charge in [0, 0.05) is 6.54 Å². The predicted molar refractivity (Wildman–Crippen MR) is 78.5 cm³/mol. The summed E-state index contributed by atoms with van der Waals surface area (Å²) in [6, 6.07) is 5.96. The maximum Gasteiger partial charge on any atom is 0.142 e. The van der Waals surface area contributed by atoms with Gasteiger partial charge in [0.15, 0.2) is 0 Å². The van der Waals surface area contributed by atoms with Crippen molar-refractivity contribution in [3.8, 4) is 5.75 Å². The van der Waals surface area contributed by atoms with Crippen LogP contribution in [0.4, 0.5) is 5.69 Å². The number of nitrogens with two attached hydrogens (primary N) is 1. The highest BCUT2D eigenvalue weighted by Gasteiger charge is 2.04. The van der Waals surface area contributed by atoms with E-state index >= 15 is 0 Å². The van der Waals surface area contributed by atoms with Crippen molar-refractivity contribution in [3.05, 3.63) is 23.8 Å². The topological polar surface area (TPSA) is 38.5 Å². The summed E-state index contributed by atoms with van der Waals surface area (Å²) in [7, 11) is 4.07. The number of nitrogen functional groups attached to an aromatic ring is 1. The van der Waals surface area contributed by atoms with Gasteiger partial charge in [-0.05, 0) is 45.6 Å². The molecule has 0 saturated carbocycles. The van der Waals surface area contributed by atoms with Crippen molar-refractivity contribution in [2.45, 2.75) is 26.5 Å². The maximum atomic E-state index is 5.90. The van der Waals surface area contributed by atoms with Crippen molar-refractivity contribution in [1.82, 2.24) is 4.90 Å². The summed E-state index contributed by atoms with van der Waals surface area (Å²) in [5.74, 6) is 0.771. The minimum atomic E-state index is 0. The van der Waals surface area contributed by atoms with E-state index in [9.17, 15) is 0 Å². The molecule has 0 fully saturated rings. The zero-order valence-corrected chi connectivity index (χ0v) is 12.4. The monoisotopic (exact) mass is 280 g/mol. The van der Waals surface area contributed by atoms with E-state index in [0.29, 0.717) is 5.69 Å². The summed E-state index contributed by atoms with van der Waals surface area (Å²) in [4.78, 5) is 2.11. The first-order valence-electron chi connectivity index (χ1n) is 5.19. The first-order valence-corrected chi connectivity index (χ1v) is 5.19. The second-order valence-electron chi connectivity index (χ2n) is 4.28. The van der Waals surface area contributed by atoms with Crippen LogP contribution in [-0.2, 0) is 6.54 Å². The number of hydrogen-bond acceptors (Lipinski definition) is 3. The van der Waals surface area contributed by atoms with Gasteiger partial charge < -0.3 is 15.4 Å². The Morgan fingerprint density at radius 1 is 1.24 bits per heavy atom. The number of hydrogen-bond donors (Lipinski definition) is 1. The van der Waals surface area contributed by atoms with Gasteiger partial charge in [-0.1, -0.05) is 6.07 Å². The predicted octanol–water partition coefficient (Wildman–Crippen LogP) is 2.96. The van der Waals surface area contributed by atoms with Gasteiger partial charge in [-0.3, -0.25) is 0 Å². The van der Waals surface area contributed by atoms with E-state index in [4.69, 9.17) is 10.5 Å². The molecule has 1 aromatic carbocycles. The van der Waals surface area contributed by atoms with Gasteiger partial charge in [0.05, 0.1) is 11.8 Å². The summed E-state index contributed by atoms with van der Waals surface area (Å²) >= 11 is 0. The first kappa shape index (κ1) is 18.7. The molecule has 0 radical (unpaired) electrons. The molecule has 100 valence electrons. The van der Waals surface area contributed by atoms with Crippen LogP contribution in [0.5, 0.6) is 5.75 Å². The van der Waals surface area contributed by atoms with Crippen LogP contribution in [0.2, 0.25) is 0 Å². The van der Waals surface area contributed by atoms with Crippen molar-refractivity contribution >= 4 is 30.5 Å². The highest BCUT2D eigenvalue weighted by Crippen LogP contribution is 2.23. The van der Waals surface area contributed by atoms with E-state index in [1.54, 1.807) is 0 Å². The average Bonchev–Trinajstić information content (AvgIpc) is 2.08. The Balaban J connectivity index is 0. The van der Waals surface area contributed by atoms with E-state index in [1.165, 1.54) is 5.56 Å². The zero-order valence-electron chi connectivity index (χ0n) is 10.8. The SMILES string of the molecule is CC(C)Oc1ccc(CN(C)C)cc1N.Cl.Cl. The molecule has 0 aliphatic rings. The maximum absolute atomic E-state index is 5.90. The van der Waals surface area contributed by atoms with E-state index < -0.39 is 0 Å². The molecule has 0 heterocycles. The molecular formula is C12H22Cl2N2O. The molecule has 0 unspecified atom stereocenters. The smallest absolute Gasteiger partial charge is 0.142 e. The Morgan fingerprint density at radius 3 is 2.24 bits per heavy atom. The number of benzene rings is 1. The summed E-state index contributed by atoms with van der Waals surface area (Å²) in [6.45, 7) is 4.88. The summed E-state index contributed by atoms with van der Waals surface area (Å²) < 4.78 is 5.57. The van der Waals surface area contributed by atoms with Crippen molar-refractivity contribution in [2.24, 2.45) is 0 Å². The third-order valence-corrected chi connectivity index (χ3v) is 1.94. The van der Waals surface area contributed by atoms with Crippen molar-refractivity contribution < 1.29 is 4.74 Å². The van der Waals surface area contributed by atoms with Gasteiger partial charge in [-0.15, -0.1) is 24.8 Å². The fourth-order valence-electron chi connectivity index (χ4n) is 1.42. The lowest BCUT2D eigenvalue weighted by Gasteiger charge is -2.14. The molecule has 0 aliphatic heterocycles. The fraction of sp³-hybridized carbons (Fsp3) is 0.500. The largest absolute Gasteiger partial charge is 0.489 e. The van der Waals surface area contributed by atoms with E-state index in [2.05, 4.69) is 4.90 Å². The van der Waals surface area contributed by atoms with Crippen molar-refractivity contribution in [3.63, 3.8) is 0 Å². The van der Waals surface area contributed by atoms with Crippen LogP contribution in [0.15, 0.2) is 18.2 Å². The van der Waals surface area contributed by atoms with Crippen LogP contribution in [0, 0.1) is 0 Å².